The Balaban J connectivity index is 1.71. The molecule has 0 bridgehead atoms. The van der Waals surface area contributed by atoms with Crippen molar-refractivity contribution in [3.8, 4) is 28.7 Å². The Bertz CT molecular complexity index is 852. The summed E-state index contributed by atoms with van der Waals surface area (Å²) in [6.45, 7) is 0.980. The standard InChI is InChI=1S/C17H12O6/c18-11-3-2-10-15(19)14(23-17(10)16(11)20)8-9-1-4-12-13(7-9)22-6-5-21-12/h1-4,7-8,18,20H,5-6H2/b14-8-. The highest BCUT2D eigenvalue weighted by Crippen LogP contribution is 2.44. The number of rotatable bonds is 1. The summed E-state index contributed by atoms with van der Waals surface area (Å²) in [5.41, 5.74) is 0.915. The van der Waals surface area contributed by atoms with Crippen molar-refractivity contribution in [1.29, 1.82) is 0 Å². The van der Waals surface area contributed by atoms with Crippen LogP contribution in [0.1, 0.15) is 15.9 Å². The number of Topliss-reactive ketones (excluding diaryl/α,β-unsaturated/α-hetero) is 1. The Hall–Kier alpha value is -3.15. The zero-order chi connectivity index (χ0) is 16.0. The molecule has 0 amide bonds. The highest BCUT2D eigenvalue weighted by molar-refractivity contribution is 6.15. The van der Waals surface area contributed by atoms with E-state index in [1.807, 2.05) is 0 Å². The smallest absolute Gasteiger partial charge is 0.232 e. The molecular weight excluding hydrogens is 300 g/mol. The van der Waals surface area contributed by atoms with Crippen LogP contribution in [0.15, 0.2) is 36.1 Å². The lowest BCUT2D eigenvalue weighted by Crippen LogP contribution is -2.15. The lowest BCUT2D eigenvalue weighted by Gasteiger charge is -2.18. The normalized spacial score (nSPS) is 17.0. The van der Waals surface area contributed by atoms with Gasteiger partial charge in [-0.05, 0) is 35.9 Å². The molecule has 0 spiro atoms. The molecule has 0 aromatic heterocycles. The summed E-state index contributed by atoms with van der Waals surface area (Å²) in [6.07, 6.45) is 1.55. The molecule has 0 aliphatic carbocycles. The van der Waals surface area contributed by atoms with Crippen molar-refractivity contribution in [2.45, 2.75) is 0 Å². The Labute approximate surface area is 131 Å². The molecule has 23 heavy (non-hydrogen) atoms. The number of phenols is 2. The summed E-state index contributed by atoms with van der Waals surface area (Å²) >= 11 is 0. The molecule has 6 nitrogen and oxygen atoms in total. The molecule has 0 unspecified atom stereocenters. The van der Waals surface area contributed by atoms with Crippen LogP contribution >= 0.6 is 0 Å². The molecule has 6 heteroatoms. The number of fused-ring (bicyclic) bond motifs is 2. The summed E-state index contributed by atoms with van der Waals surface area (Å²) < 4.78 is 16.4. The largest absolute Gasteiger partial charge is 0.504 e. The molecule has 4 rings (SSSR count). The Morgan fingerprint density at radius 1 is 1.00 bits per heavy atom. The lowest BCUT2D eigenvalue weighted by molar-refractivity contribution is 0.101. The summed E-state index contributed by atoms with van der Waals surface area (Å²) in [7, 11) is 0. The number of aromatic hydroxyl groups is 2. The third kappa shape index (κ3) is 2.15. The molecule has 0 saturated carbocycles. The number of allylic oxidation sites excluding steroid dienone is 1. The number of carbonyl (C=O) groups is 1. The molecule has 2 aliphatic heterocycles. The van der Waals surface area contributed by atoms with Crippen LogP contribution in [0.5, 0.6) is 28.7 Å². The minimum Gasteiger partial charge on any atom is -0.504 e. The van der Waals surface area contributed by atoms with Gasteiger partial charge in [-0.15, -0.1) is 0 Å². The van der Waals surface area contributed by atoms with E-state index in [0.717, 1.165) is 0 Å². The second-order valence-corrected chi connectivity index (χ2v) is 5.15. The topological polar surface area (TPSA) is 85.2 Å². The molecular formula is C17H12O6. The predicted molar refractivity (Wildman–Crippen MR) is 80.1 cm³/mol. The van der Waals surface area contributed by atoms with E-state index in [0.29, 0.717) is 30.3 Å². The molecule has 0 radical (unpaired) electrons. The van der Waals surface area contributed by atoms with E-state index in [1.165, 1.54) is 12.1 Å². The maximum absolute atomic E-state index is 12.3. The van der Waals surface area contributed by atoms with Gasteiger partial charge in [0.2, 0.25) is 11.5 Å². The number of carbonyl (C=O) groups excluding carboxylic acids is 1. The fraction of sp³-hybridized carbons (Fsp3) is 0.118. The maximum Gasteiger partial charge on any atom is 0.232 e. The minimum absolute atomic E-state index is 0.0289. The summed E-state index contributed by atoms with van der Waals surface area (Å²) in [5, 5.41) is 19.3. The van der Waals surface area contributed by atoms with Crippen LogP contribution in [0.25, 0.3) is 6.08 Å². The van der Waals surface area contributed by atoms with Crippen molar-refractivity contribution in [1.82, 2.24) is 0 Å². The highest BCUT2D eigenvalue weighted by atomic mass is 16.6. The van der Waals surface area contributed by atoms with Gasteiger partial charge in [0.05, 0.1) is 5.56 Å². The Kier molecular flexibility index (Phi) is 2.90. The first kappa shape index (κ1) is 13.5. The van der Waals surface area contributed by atoms with E-state index < -0.39 is 5.75 Å². The lowest BCUT2D eigenvalue weighted by atomic mass is 10.1. The molecule has 2 heterocycles. The van der Waals surface area contributed by atoms with Crippen LogP contribution in [0.2, 0.25) is 0 Å². The summed E-state index contributed by atoms with van der Waals surface area (Å²) in [5.74, 6) is 0.164. The molecule has 2 aromatic carbocycles. The van der Waals surface area contributed by atoms with Gasteiger partial charge in [-0.25, -0.2) is 0 Å². The van der Waals surface area contributed by atoms with Crippen LogP contribution in [-0.2, 0) is 0 Å². The van der Waals surface area contributed by atoms with Crippen molar-refractivity contribution < 1.29 is 29.2 Å². The molecule has 2 N–H and O–H groups in total. The van der Waals surface area contributed by atoms with E-state index in [-0.39, 0.29) is 28.6 Å². The summed E-state index contributed by atoms with van der Waals surface area (Å²) in [6, 6.07) is 7.95. The third-order valence-corrected chi connectivity index (χ3v) is 3.65. The van der Waals surface area contributed by atoms with Crippen LogP contribution in [0, 0.1) is 0 Å². The zero-order valence-electron chi connectivity index (χ0n) is 11.9. The molecule has 116 valence electrons. The first-order chi connectivity index (χ1) is 11.1. The quantitative estimate of drug-likeness (QED) is 0.621. The SMILES string of the molecule is O=C1/C(=C/c2ccc3c(c2)OCCO3)Oc2c1ccc(O)c2O. The molecule has 0 saturated heterocycles. The van der Waals surface area contributed by atoms with Crippen molar-refractivity contribution in [3.05, 3.63) is 47.2 Å². The number of benzene rings is 2. The van der Waals surface area contributed by atoms with Crippen molar-refractivity contribution in [2.75, 3.05) is 13.2 Å². The van der Waals surface area contributed by atoms with Gasteiger partial charge in [0, 0.05) is 0 Å². The van der Waals surface area contributed by atoms with Crippen molar-refractivity contribution >= 4 is 11.9 Å². The van der Waals surface area contributed by atoms with Gasteiger partial charge in [0.25, 0.3) is 0 Å². The van der Waals surface area contributed by atoms with Gasteiger partial charge in [0.1, 0.15) is 13.2 Å². The van der Waals surface area contributed by atoms with Crippen LogP contribution in [-0.4, -0.2) is 29.2 Å². The second-order valence-electron chi connectivity index (χ2n) is 5.15. The molecule has 0 atom stereocenters. The molecule has 2 aromatic rings. The Morgan fingerprint density at radius 2 is 1.78 bits per heavy atom. The van der Waals surface area contributed by atoms with Gasteiger partial charge in [-0.2, -0.15) is 0 Å². The third-order valence-electron chi connectivity index (χ3n) is 3.65. The van der Waals surface area contributed by atoms with Crippen molar-refractivity contribution in [3.63, 3.8) is 0 Å². The van der Waals surface area contributed by atoms with E-state index in [2.05, 4.69) is 0 Å². The number of phenolic OH excluding ortho intramolecular Hbond substituents is 2. The van der Waals surface area contributed by atoms with Crippen molar-refractivity contribution in [2.24, 2.45) is 0 Å². The van der Waals surface area contributed by atoms with Gasteiger partial charge in [-0.3, -0.25) is 4.79 Å². The minimum atomic E-state index is -0.443. The Morgan fingerprint density at radius 3 is 2.61 bits per heavy atom. The number of ketones is 1. The zero-order valence-corrected chi connectivity index (χ0v) is 11.9. The first-order valence-electron chi connectivity index (χ1n) is 7.02. The average Bonchev–Trinajstić information content (AvgIpc) is 2.88. The van der Waals surface area contributed by atoms with E-state index in [9.17, 15) is 15.0 Å². The van der Waals surface area contributed by atoms with Crippen LogP contribution in [0.3, 0.4) is 0 Å². The predicted octanol–water partition coefficient (Wildman–Crippen LogP) is 2.49. The van der Waals surface area contributed by atoms with E-state index in [1.54, 1.807) is 24.3 Å². The summed E-state index contributed by atoms with van der Waals surface area (Å²) in [4.78, 5) is 12.3. The van der Waals surface area contributed by atoms with Gasteiger partial charge < -0.3 is 24.4 Å². The number of hydrogen-bond acceptors (Lipinski definition) is 6. The van der Waals surface area contributed by atoms with Crippen LogP contribution in [0.4, 0.5) is 0 Å². The second kappa shape index (κ2) is 4.95. The average molecular weight is 312 g/mol. The van der Waals surface area contributed by atoms with E-state index >= 15 is 0 Å². The van der Waals surface area contributed by atoms with Gasteiger partial charge in [-0.1, -0.05) is 6.07 Å². The monoisotopic (exact) mass is 312 g/mol. The first-order valence-corrected chi connectivity index (χ1v) is 7.02. The van der Waals surface area contributed by atoms with Gasteiger partial charge >= 0.3 is 0 Å². The fourth-order valence-corrected chi connectivity index (χ4v) is 2.53. The molecule has 2 aliphatic rings. The number of hydrogen-bond donors (Lipinski definition) is 2. The van der Waals surface area contributed by atoms with Gasteiger partial charge in [0.15, 0.2) is 28.8 Å². The fourth-order valence-electron chi connectivity index (χ4n) is 2.53. The van der Waals surface area contributed by atoms with E-state index in [4.69, 9.17) is 14.2 Å². The maximum atomic E-state index is 12.3. The molecule has 0 fully saturated rings. The van der Waals surface area contributed by atoms with Crippen LogP contribution < -0.4 is 14.2 Å². The number of ether oxygens (including phenoxy) is 3. The highest BCUT2D eigenvalue weighted by Gasteiger charge is 2.31.